The maximum Gasteiger partial charge on any atom is 0.159 e. The van der Waals surface area contributed by atoms with Crippen LogP contribution in [0.15, 0.2) is 23.8 Å². The van der Waals surface area contributed by atoms with Crippen molar-refractivity contribution in [2.45, 2.75) is 31.9 Å². The lowest BCUT2D eigenvalue weighted by Crippen LogP contribution is -2.41. The minimum Gasteiger partial charge on any atom is -0.357 e. The van der Waals surface area contributed by atoms with E-state index in [1.807, 2.05) is 6.08 Å². The third kappa shape index (κ3) is 4.20. The van der Waals surface area contributed by atoms with E-state index in [1.54, 1.807) is 19.1 Å². The van der Waals surface area contributed by atoms with Gasteiger partial charge in [0.25, 0.3) is 0 Å². The van der Waals surface area contributed by atoms with Gasteiger partial charge in [-0.15, -0.1) is 0 Å². The Labute approximate surface area is 105 Å². The number of ketones is 1. The quantitative estimate of drug-likeness (QED) is 0.463. The molecule has 3 nitrogen and oxygen atoms in total. The number of alkyl halides is 1. The summed E-state index contributed by atoms with van der Waals surface area (Å²) < 4.78 is 5.61. The molecule has 1 aliphatic carbocycles. The normalized spacial score (nSPS) is 24.3. The fourth-order valence-electron chi connectivity index (χ4n) is 1.46. The predicted octanol–water partition coefficient (Wildman–Crippen LogP) is 2.31. The SMILES string of the molecule is CC(=O)C1=CCC(N)(OCCCCBr)C=C1. The highest BCUT2D eigenvalue weighted by Gasteiger charge is 2.24. The number of nitrogens with two attached hydrogens (primary N) is 1. The third-order valence-electron chi connectivity index (χ3n) is 2.49. The van der Waals surface area contributed by atoms with Crippen molar-refractivity contribution in [3.05, 3.63) is 23.8 Å². The van der Waals surface area contributed by atoms with Crippen molar-refractivity contribution in [2.24, 2.45) is 5.73 Å². The van der Waals surface area contributed by atoms with E-state index < -0.39 is 5.72 Å². The van der Waals surface area contributed by atoms with Gasteiger partial charge in [-0.1, -0.05) is 28.1 Å². The standard InChI is InChI=1S/C12H18BrNO2/c1-10(15)11-4-6-12(14,7-5-11)16-9-3-2-8-13/h4-6H,2-3,7-9,14H2,1H3. The minimum atomic E-state index is -0.731. The molecule has 0 aromatic rings. The second-order valence-electron chi connectivity index (χ2n) is 3.95. The molecule has 1 rings (SSSR count). The first kappa shape index (κ1) is 13.6. The van der Waals surface area contributed by atoms with E-state index in [4.69, 9.17) is 10.5 Å². The first-order valence-electron chi connectivity index (χ1n) is 5.46. The number of Topliss-reactive ketones (excluding diaryl/α,β-unsaturated/α-hetero) is 1. The van der Waals surface area contributed by atoms with Gasteiger partial charge in [0.1, 0.15) is 5.72 Å². The lowest BCUT2D eigenvalue weighted by Gasteiger charge is -2.27. The molecule has 0 radical (unpaired) electrons. The molecule has 0 heterocycles. The number of halogens is 1. The molecule has 2 N–H and O–H groups in total. The Hall–Kier alpha value is -0.450. The molecule has 1 unspecified atom stereocenters. The summed E-state index contributed by atoms with van der Waals surface area (Å²) >= 11 is 3.37. The zero-order valence-corrected chi connectivity index (χ0v) is 11.1. The number of hydrogen-bond donors (Lipinski definition) is 1. The molecule has 90 valence electrons. The Balaban J connectivity index is 2.39. The van der Waals surface area contributed by atoms with Crippen LogP contribution in [0.5, 0.6) is 0 Å². The highest BCUT2D eigenvalue weighted by molar-refractivity contribution is 9.09. The Bertz CT molecular complexity index is 312. The van der Waals surface area contributed by atoms with E-state index in [9.17, 15) is 4.79 Å². The zero-order chi connectivity index (χ0) is 12.0. The van der Waals surface area contributed by atoms with E-state index in [0.717, 1.165) is 18.2 Å². The summed E-state index contributed by atoms with van der Waals surface area (Å²) in [6, 6.07) is 0. The first-order valence-corrected chi connectivity index (χ1v) is 6.59. The monoisotopic (exact) mass is 287 g/mol. The van der Waals surface area contributed by atoms with E-state index in [1.165, 1.54) is 0 Å². The number of ether oxygens (including phenoxy) is 1. The average Bonchev–Trinajstić information content (AvgIpc) is 2.25. The van der Waals surface area contributed by atoms with E-state index >= 15 is 0 Å². The van der Waals surface area contributed by atoms with E-state index in [2.05, 4.69) is 15.9 Å². The number of unbranched alkanes of at least 4 members (excludes halogenated alkanes) is 1. The summed E-state index contributed by atoms with van der Waals surface area (Å²) in [5.41, 5.74) is 6.01. The summed E-state index contributed by atoms with van der Waals surface area (Å²) in [6.45, 7) is 2.20. The fourth-order valence-corrected chi connectivity index (χ4v) is 1.86. The molecule has 0 fully saturated rings. The second-order valence-corrected chi connectivity index (χ2v) is 4.75. The summed E-state index contributed by atoms with van der Waals surface area (Å²) in [4.78, 5) is 11.1. The van der Waals surface area contributed by atoms with Crippen LogP contribution < -0.4 is 5.73 Å². The molecule has 0 aromatic carbocycles. The van der Waals surface area contributed by atoms with Crippen molar-refractivity contribution in [1.29, 1.82) is 0 Å². The molecule has 0 spiro atoms. The van der Waals surface area contributed by atoms with Crippen molar-refractivity contribution in [1.82, 2.24) is 0 Å². The van der Waals surface area contributed by atoms with Crippen molar-refractivity contribution in [3.8, 4) is 0 Å². The van der Waals surface area contributed by atoms with Gasteiger partial charge >= 0.3 is 0 Å². The fraction of sp³-hybridized carbons (Fsp3) is 0.583. The Morgan fingerprint density at radius 3 is 2.88 bits per heavy atom. The van der Waals surface area contributed by atoms with Gasteiger partial charge in [0, 0.05) is 23.9 Å². The lowest BCUT2D eigenvalue weighted by molar-refractivity contribution is -0.113. The van der Waals surface area contributed by atoms with Crippen LogP contribution in [-0.2, 0) is 9.53 Å². The van der Waals surface area contributed by atoms with Crippen LogP contribution in [0, 0.1) is 0 Å². The maximum atomic E-state index is 11.1. The molecule has 0 aliphatic heterocycles. The highest BCUT2D eigenvalue weighted by Crippen LogP contribution is 2.20. The van der Waals surface area contributed by atoms with Crippen LogP contribution in [0.2, 0.25) is 0 Å². The average molecular weight is 288 g/mol. The van der Waals surface area contributed by atoms with Crippen molar-refractivity contribution in [3.63, 3.8) is 0 Å². The first-order chi connectivity index (χ1) is 7.57. The predicted molar refractivity (Wildman–Crippen MR) is 68.4 cm³/mol. The van der Waals surface area contributed by atoms with Gasteiger partial charge in [-0.25, -0.2) is 0 Å². The molecule has 0 saturated heterocycles. The van der Waals surface area contributed by atoms with Crippen LogP contribution in [-0.4, -0.2) is 23.4 Å². The summed E-state index contributed by atoms with van der Waals surface area (Å²) in [6.07, 6.45) is 7.99. The molecule has 0 saturated carbocycles. The van der Waals surface area contributed by atoms with Crippen molar-refractivity contribution in [2.75, 3.05) is 11.9 Å². The molecule has 1 aliphatic rings. The minimum absolute atomic E-state index is 0.0672. The van der Waals surface area contributed by atoms with Gasteiger partial charge in [-0.05, 0) is 25.8 Å². The smallest absolute Gasteiger partial charge is 0.159 e. The summed E-state index contributed by atoms with van der Waals surface area (Å²) in [7, 11) is 0. The van der Waals surface area contributed by atoms with Gasteiger partial charge in [0.2, 0.25) is 0 Å². The lowest BCUT2D eigenvalue weighted by atomic mass is 9.98. The molecule has 16 heavy (non-hydrogen) atoms. The molecular formula is C12H18BrNO2. The topological polar surface area (TPSA) is 52.3 Å². The maximum absolute atomic E-state index is 11.1. The van der Waals surface area contributed by atoms with Crippen LogP contribution in [0.4, 0.5) is 0 Å². The number of allylic oxidation sites excluding steroid dienone is 2. The van der Waals surface area contributed by atoms with E-state index in [0.29, 0.717) is 18.6 Å². The summed E-state index contributed by atoms with van der Waals surface area (Å²) in [5.74, 6) is 0.0672. The van der Waals surface area contributed by atoms with Crippen molar-refractivity contribution >= 4 is 21.7 Å². The summed E-state index contributed by atoms with van der Waals surface area (Å²) in [5, 5.41) is 0.984. The van der Waals surface area contributed by atoms with E-state index in [-0.39, 0.29) is 5.78 Å². The van der Waals surface area contributed by atoms with Gasteiger partial charge in [0.15, 0.2) is 5.78 Å². The zero-order valence-electron chi connectivity index (χ0n) is 9.54. The van der Waals surface area contributed by atoms with Crippen LogP contribution >= 0.6 is 15.9 Å². The molecule has 4 heteroatoms. The molecular weight excluding hydrogens is 270 g/mol. The van der Waals surface area contributed by atoms with Crippen LogP contribution in [0.1, 0.15) is 26.2 Å². The van der Waals surface area contributed by atoms with Gasteiger partial charge < -0.3 is 4.74 Å². The van der Waals surface area contributed by atoms with Crippen LogP contribution in [0.3, 0.4) is 0 Å². The Morgan fingerprint density at radius 1 is 1.62 bits per heavy atom. The Kier molecular flexibility index (Phi) is 5.38. The van der Waals surface area contributed by atoms with Gasteiger partial charge in [-0.3, -0.25) is 10.5 Å². The van der Waals surface area contributed by atoms with Crippen LogP contribution in [0.25, 0.3) is 0 Å². The molecule has 0 bridgehead atoms. The molecule has 1 atom stereocenters. The van der Waals surface area contributed by atoms with Gasteiger partial charge in [-0.2, -0.15) is 0 Å². The van der Waals surface area contributed by atoms with Gasteiger partial charge in [0.05, 0.1) is 0 Å². The number of carbonyl (C=O) groups excluding carboxylic acids is 1. The second kappa shape index (κ2) is 6.33. The largest absolute Gasteiger partial charge is 0.357 e. The third-order valence-corrected chi connectivity index (χ3v) is 3.05. The number of carbonyl (C=O) groups is 1. The van der Waals surface area contributed by atoms with Crippen molar-refractivity contribution < 1.29 is 9.53 Å². The number of rotatable bonds is 6. The molecule has 0 amide bonds. The highest BCUT2D eigenvalue weighted by atomic mass is 79.9. The number of hydrogen-bond acceptors (Lipinski definition) is 3. The molecule has 0 aromatic heterocycles. The Morgan fingerprint density at radius 2 is 2.38 bits per heavy atom.